The summed E-state index contributed by atoms with van der Waals surface area (Å²) in [5.74, 6) is 0.678. The lowest BCUT2D eigenvalue weighted by molar-refractivity contribution is 0.102. The minimum atomic E-state index is -1.27. The largest absolute Gasteiger partial charge is 0.612 e. The molecule has 0 radical (unpaired) electrons. The maximum absolute atomic E-state index is 12.6. The van der Waals surface area contributed by atoms with Gasteiger partial charge >= 0.3 is 0 Å². The Bertz CT molecular complexity index is 1160. The number of methoxy groups -OCH3 is 2. The van der Waals surface area contributed by atoms with E-state index in [0.29, 0.717) is 49.2 Å². The van der Waals surface area contributed by atoms with Gasteiger partial charge in [0.2, 0.25) is 0 Å². The van der Waals surface area contributed by atoms with E-state index >= 15 is 0 Å². The maximum atomic E-state index is 12.6. The van der Waals surface area contributed by atoms with Crippen molar-refractivity contribution in [3.05, 3.63) is 71.2 Å². The standard InChI is InChI=1S/C23H22ClN3O4S2/c1-30-19-13-20(31-2)18(12-17(19)24)27-23(32)26-15-10-8-14(9-11-15)25-22(28)16-6-4-5-7-21(16)33(3)29/h4-13H,1-3H3,(H,25,28)(H2,26,27,32). The van der Waals surface area contributed by atoms with Gasteiger partial charge < -0.3 is 30.0 Å². The highest BCUT2D eigenvalue weighted by Crippen LogP contribution is 2.36. The van der Waals surface area contributed by atoms with Crippen LogP contribution in [0, 0.1) is 0 Å². The fourth-order valence-corrected chi connectivity index (χ4v) is 4.19. The van der Waals surface area contributed by atoms with Crippen molar-refractivity contribution in [2.75, 3.05) is 36.4 Å². The number of thiocarbonyl (C=S) groups is 1. The third-order valence-corrected chi connectivity index (χ3v) is 6.04. The molecule has 0 heterocycles. The highest BCUT2D eigenvalue weighted by atomic mass is 35.5. The first-order chi connectivity index (χ1) is 15.8. The Hall–Kier alpha value is -2.98. The second-order valence-corrected chi connectivity index (χ2v) is 8.91. The van der Waals surface area contributed by atoms with Crippen molar-refractivity contribution in [2.45, 2.75) is 4.90 Å². The highest BCUT2D eigenvalue weighted by molar-refractivity contribution is 7.90. The Labute approximate surface area is 205 Å². The van der Waals surface area contributed by atoms with E-state index in [9.17, 15) is 9.35 Å². The fourth-order valence-electron chi connectivity index (χ4n) is 2.98. The van der Waals surface area contributed by atoms with Gasteiger partial charge in [-0.1, -0.05) is 23.7 Å². The molecule has 0 bridgehead atoms. The Morgan fingerprint density at radius 3 is 2.15 bits per heavy atom. The normalized spacial score (nSPS) is 11.3. The Balaban J connectivity index is 1.65. The van der Waals surface area contributed by atoms with Crippen molar-refractivity contribution in [1.82, 2.24) is 0 Å². The van der Waals surface area contributed by atoms with Gasteiger partial charge in [0.1, 0.15) is 17.8 Å². The van der Waals surface area contributed by atoms with Crippen molar-refractivity contribution < 1.29 is 18.8 Å². The number of ether oxygens (including phenoxy) is 2. The summed E-state index contributed by atoms with van der Waals surface area (Å²) in [6, 6.07) is 17.1. The van der Waals surface area contributed by atoms with Crippen LogP contribution in [0.4, 0.5) is 17.1 Å². The van der Waals surface area contributed by atoms with Crippen LogP contribution in [0.1, 0.15) is 10.4 Å². The van der Waals surface area contributed by atoms with Crippen LogP contribution in [0.5, 0.6) is 11.5 Å². The van der Waals surface area contributed by atoms with E-state index in [0.717, 1.165) is 0 Å². The molecule has 0 fully saturated rings. The van der Waals surface area contributed by atoms with Crippen molar-refractivity contribution in [3.63, 3.8) is 0 Å². The molecular formula is C23H22ClN3O4S2. The van der Waals surface area contributed by atoms with Crippen molar-refractivity contribution in [3.8, 4) is 11.5 Å². The fraction of sp³-hybridized carbons (Fsp3) is 0.130. The van der Waals surface area contributed by atoms with Crippen LogP contribution in [0.3, 0.4) is 0 Å². The quantitative estimate of drug-likeness (QED) is 0.303. The average molecular weight is 504 g/mol. The molecule has 0 aliphatic heterocycles. The molecule has 3 N–H and O–H groups in total. The van der Waals surface area contributed by atoms with Crippen LogP contribution < -0.4 is 25.4 Å². The molecule has 0 spiro atoms. The molecule has 7 nitrogen and oxygen atoms in total. The van der Waals surface area contributed by atoms with Crippen LogP contribution in [-0.2, 0) is 11.2 Å². The Kier molecular flexibility index (Phi) is 8.40. The highest BCUT2D eigenvalue weighted by Gasteiger charge is 2.17. The minimum Gasteiger partial charge on any atom is -0.612 e. The van der Waals surface area contributed by atoms with Gasteiger partial charge in [-0.25, -0.2) is 0 Å². The number of hydrogen-bond donors (Lipinski definition) is 3. The molecule has 3 aromatic carbocycles. The van der Waals surface area contributed by atoms with Gasteiger partial charge in [-0.05, 0) is 65.9 Å². The van der Waals surface area contributed by atoms with E-state index in [1.54, 1.807) is 66.9 Å². The van der Waals surface area contributed by atoms with Gasteiger partial charge in [0.25, 0.3) is 5.91 Å². The maximum Gasteiger partial charge on any atom is 0.260 e. The number of carbonyl (C=O) groups is 1. The van der Waals surface area contributed by atoms with Crippen molar-refractivity contribution >= 4 is 63.1 Å². The molecule has 0 aromatic heterocycles. The summed E-state index contributed by atoms with van der Waals surface area (Å²) in [5.41, 5.74) is 2.25. The topological polar surface area (TPSA) is 94.7 Å². The zero-order valence-corrected chi connectivity index (χ0v) is 20.5. The molecule has 0 saturated carbocycles. The molecule has 0 aliphatic rings. The molecule has 3 rings (SSSR count). The average Bonchev–Trinajstić information content (AvgIpc) is 2.80. The molecule has 1 unspecified atom stereocenters. The van der Waals surface area contributed by atoms with Crippen LogP contribution in [0.25, 0.3) is 0 Å². The predicted octanol–water partition coefficient (Wildman–Crippen LogP) is 5.16. The zero-order chi connectivity index (χ0) is 24.0. The van der Waals surface area contributed by atoms with Gasteiger partial charge in [0.05, 0.1) is 30.5 Å². The molecule has 172 valence electrons. The van der Waals surface area contributed by atoms with Crippen molar-refractivity contribution in [1.29, 1.82) is 0 Å². The summed E-state index contributed by atoms with van der Waals surface area (Å²) < 4.78 is 22.4. The van der Waals surface area contributed by atoms with Gasteiger partial charge in [0, 0.05) is 17.4 Å². The first-order valence-corrected chi connectivity index (χ1v) is 12.0. The third-order valence-electron chi connectivity index (χ3n) is 4.56. The monoisotopic (exact) mass is 503 g/mol. The smallest absolute Gasteiger partial charge is 0.260 e. The number of rotatable bonds is 7. The van der Waals surface area contributed by atoms with Gasteiger partial charge in [0.15, 0.2) is 10.0 Å². The number of amides is 1. The van der Waals surface area contributed by atoms with Crippen LogP contribution in [0.15, 0.2) is 65.6 Å². The van der Waals surface area contributed by atoms with E-state index in [1.807, 2.05) is 0 Å². The van der Waals surface area contributed by atoms with Gasteiger partial charge in [-0.2, -0.15) is 0 Å². The SMILES string of the molecule is COc1cc(OC)c(NC(=S)Nc2ccc(NC(=O)c3ccccc3[S+](C)[O-])cc2)cc1Cl. The Morgan fingerprint density at radius 2 is 1.55 bits per heavy atom. The summed E-state index contributed by atoms with van der Waals surface area (Å²) >= 11 is 10.3. The lowest BCUT2D eigenvalue weighted by atomic mass is 10.2. The third kappa shape index (κ3) is 6.29. The summed E-state index contributed by atoms with van der Waals surface area (Å²) in [6.45, 7) is 0. The van der Waals surface area contributed by atoms with E-state index in [2.05, 4.69) is 16.0 Å². The molecule has 1 atom stereocenters. The molecule has 33 heavy (non-hydrogen) atoms. The van der Waals surface area contributed by atoms with Crippen molar-refractivity contribution in [2.24, 2.45) is 0 Å². The molecule has 1 amide bonds. The Morgan fingerprint density at radius 1 is 0.939 bits per heavy atom. The lowest BCUT2D eigenvalue weighted by Crippen LogP contribution is -2.19. The number of halogens is 1. The van der Waals surface area contributed by atoms with Crippen LogP contribution in [-0.4, -0.2) is 36.0 Å². The summed E-state index contributed by atoms with van der Waals surface area (Å²) in [5, 5.41) is 9.66. The molecule has 0 saturated heterocycles. The summed E-state index contributed by atoms with van der Waals surface area (Å²) in [4.78, 5) is 13.1. The number of hydrogen-bond acceptors (Lipinski definition) is 5. The number of carbonyl (C=O) groups excluding carboxylic acids is 1. The van der Waals surface area contributed by atoms with Gasteiger partial charge in [-0.15, -0.1) is 0 Å². The molecule has 10 heteroatoms. The van der Waals surface area contributed by atoms with E-state index < -0.39 is 11.2 Å². The van der Waals surface area contributed by atoms with E-state index in [-0.39, 0.29) is 5.91 Å². The number of benzene rings is 3. The summed E-state index contributed by atoms with van der Waals surface area (Å²) in [7, 11) is 3.06. The molecular weight excluding hydrogens is 482 g/mol. The second-order valence-electron chi connectivity index (χ2n) is 6.75. The number of nitrogens with one attached hydrogen (secondary N) is 3. The second kappa shape index (κ2) is 11.2. The minimum absolute atomic E-state index is 0.325. The van der Waals surface area contributed by atoms with E-state index in [1.165, 1.54) is 14.2 Å². The van der Waals surface area contributed by atoms with Crippen LogP contribution in [0.2, 0.25) is 5.02 Å². The van der Waals surface area contributed by atoms with E-state index in [4.69, 9.17) is 33.3 Å². The zero-order valence-electron chi connectivity index (χ0n) is 18.1. The van der Waals surface area contributed by atoms with Gasteiger partial charge in [-0.3, -0.25) is 4.79 Å². The first-order valence-electron chi connectivity index (χ1n) is 9.65. The predicted molar refractivity (Wildman–Crippen MR) is 138 cm³/mol. The molecule has 0 aliphatic carbocycles. The molecule has 3 aromatic rings. The number of anilines is 3. The van der Waals surface area contributed by atoms with Crippen LogP contribution >= 0.6 is 23.8 Å². The lowest BCUT2D eigenvalue weighted by Gasteiger charge is -2.15. The summed E-state index contributed by atoms with van der Waals surface area (Å²) in [6.07, 6.45) is 1.54. The first kappa shape index (κ1) is 24.7.